The number of hydrogen-bond acceptors (Lipinski definition) is 4. The molecule has 1 unspecified atom stereocenters. The summed E-state index contributed by atoms with van der Waals surface area (Å²) in [4.78, 5) is 15.7. The fourth-order valence-electron chi connectivity index (χ4n) is 4.25. The summed E-state index contributed by atoms with van der Waals surface area (Å²) in [6.07, 6.45) is 8.81. The molecule has 0 N–H and O–H groups in total. The Kier molecular flexibility index (Phi) is 6.65. The first kappa shape index (κ1) is 21.4. The van der Waals surface area contributed by atoms with E-state index in [1.54, 1.807) is 4.31 Å². The quantitative estimate of drug-likeness (QED) is 0.536. The van der Waals surface area contributed by atoms with Crippen molar-refractivity contribution in [3.63, 3.8) is 0 Å². The molecule has 29 heavy (non-hydrogen) atoms. The highest BCUT2D eigenvalue weighted by Crippen LogP contribution is 2.40. The van der Waals surface area contributed by atoms with Crippen molar-refractivity contribution in [1.29, 1.82) is 0 Å². The SMILES string of the molecule is Cc1ccc(C(c2ncccc2C)C2CCN(S(C)(=O)=O)CC2)c(/C=C/C=O)c1. The molecule has 3 rings (SSSR count). The van der Waals surface area contributed by atoms with E-state index in [1.165, 1.54) is 12.3 Å². The van der Waals surface area contributed by atoms with Gasteiger partial charge in [-0.1, -0.05) is 35.9 Å². The summed E-state index contributed by atoms with van der Waals surface area (Å²) >= 11 is 0. The number of hydrogen-bond donors (Lipinski definition) is 0. The van der Waals surface area contributed by atoms with Crippen molar-refractivity contribution in [3.8, 4) is 0 Å². The summed E-state index contributed by atoms with van der Waals surface area (Å²) in [6.45, 7) is 5.15. The van der Waals surface area contributed by atoms with Gasteiger partial charge in [-0.3, -0.25) is 9.78 Å². The van der Waals surface area contributed by atoms with Gasteiger partial charge < -0.3 is 0 Å². The van der Waals surface area contributed by atoms with Gasteiger partial charge in [-0.2, -0.15) is 0 Å². The lowest BCUT2D eigenvalue weighted by molar-refractivity contribution is -0.104. The van der Waals surface area contributed by atoms with Crippen molar-refractivity contribution in [2.45, 2.75) is 32.6 Å². The van der Waals surface area contributed by atoms with Gasteiger partial charge in [-0.05, 0) is 61.4 Å². The van der Waals surface area contributed by atoms with E-state index < -0.39 is 10.0 Å². The first-order chi connectivity index (χ1) is 13.8. The Morgan fingerprint density at radius 1 is 1.17 bits per heavy atom. The van der Waals surface area contributed by atoms with Crippen LogP contribution >= 0.6 is 0 Å². The van der Waals surface area contributed by atoms with E-state index in [9.17, 15) is 13.2 Å². The molecule has 0 spiro atoms. The molecular formula is C23H28N2O3S. The Balaban J connectivity index is 2.06. The highest BCUT2D eigenvalue weighted by molar-refractivity contribution is 7.88. The number of aryl methyl sites for hydroxylation is 2. The van der Waals surface area contributed by atoms with Gasteiger partial charge in [-0.25, -0.2) is 12.7 Å². The minimum absolute atomic E-state index is 0.0461. The molecule has 0 amide bonds. The lowest BCUT2D eigenvalue weighted by Crippen LogP contribution is -2.39. The van der Waals surface area contributed by atoms with E-state index in [2.05, 4.69) is 31.2 Å². The molecule has 0 aliphatic carbocycles. The fraction of sp³-hybridized carbons (Fsp3) is 0.391. The van der Waals surface area contributed by atoms with Crippen LogP contribution in [0.2, 0.25) is 0 Å². The number of piperidine rings is 1. The van der Waals surface area contributed by atoms with Crippen molar-refractivity contribution in [3.05, 3.63) is 70.6 Å². The molecule has 0 bridgehead atoms. The van der Waals surface area contributed by atoms with Crippen LogP contribution in [-0.4, -0.2) is 43.3 Å². The standard InChI is InChI=1S/C23H28N2O3S/c1-17-8-9-21(20(16-17)7-5-15-26)22(23-18(2)6-4-12-24-23)19-10-13-25(14-11-19)29(3,27)28/h4-9,12,15-16,19,22H,10-11,13-14H2,1-3H3/b7-5+. The molecule has 2 heterocycles. The molecule has 1 aliphatic heterocycles. The largest absolute Gasteiger partial charge is 0.299 e. The molecule has 6 heteroatoms. The Labute approximate surface area is 173 Å². The first-order valence-electron chi connectivity index (χ1n) is 9.90. The van der Waals surface area contributed by atoms with Gasteiger partial charge in [0.25, 0.3) is 0 Å². The number of sulfonamides is 1. The van der Waals surface area contributed by atoms with Crippen molar-refractivity contribution in [2.75, 3.05) is 19.3 Å². The molecule has 1 aliphatic rings. The predicted molar refractivity (Wildman–Crippen MR) is 116 cm³/mol. The predicted octanol–water partition coefficient (Wildman–Crippen LogP) is 3.71. The number of aromatic nitrogens is 1. The summed E-state index contributed by atoms with van der Waals surface area (Å²) in [7, 11) is -3.17. The van der Waals surface area contributed by atoms with Crippen LogP contribution in [0.1, 0.15) is 46.7 Å². The molecule has 0 radical (unpaired) electrons. The Morgan fingerprint density at radius 3 is 2.52 bits per heavy atom. The van der Waals surface area contributed by atoms with Crippen molar-refractivity contribution >= 4 is 22.4 Å². The van der Waals surface area contributed by atoms with E-state index in [-0.39, 0.29) is 11.8 Å². The normalized spacial score (nSPS) is 17.5. The average molecular weight is 413 g/mol. The second-order valence-electron chi connectivity index (χ2n) is 7.81. The molecule has 1 fully saturated rings. The minimum Gasteiger partial charge on any atom is -0.299 e. The number of carbonyl (C=O) groups excluding carboxylic acids is 1. The van der Waals surface area contributed by atoms with Crippen LogP contribution in [0.3, 0.4) is 0 Å². The number of nitrogens with zero attached hydrogens (tertiary/aromatic N) is 2. The van der Waals surface area contributed by atoms with Crippen LogP contribution in [0.4, 0.5) is 0 Å². The summed E-state index contributed by atoms with van der Waals surface area (Å²) < 4.78 is 25.4. The number of allylic oxidation sites excluding steroid dienone is 1. The maximum absolute atomic E-state index is 11.9. The molecule has 5 nitrogen and oxygen atoms in total. The topological polar surface area (TPSA) is 67.3 Å². The summed E-state index contributed by atoms with van der Waals surface area (Å²) in [6, 6.07) is 10.3. The van der Waals surface area contributed by atoms with Gasteiger partial charge in [0.1, 0.15) is 6.29 Å². The molecule has 1 aromatic carbocycles. The summed E-state index contributed by atoms with van der Waals surface area (Å²) in [5, 5.41) is 0. The maximum Gasteiger partial charge on any atom is 0.211 e. The van der Waals surface area contributed by atoms with E-state index in [4.69, 9.17) is 4.98 Å². The zero-order valence-electron chi connectivity index (χ0n) is 17.2. The van der Waals surface area contributed by atoms with Gasteiger partial charge in [0.05, 0.1) is 11.9 Å². The number of pyridine rings is 1. The number of benzene rings is 1. The fourth-order valence-corrected chi connectivity index (χ4v) is 5.13. The zero-order chi connectivity index (χ0) is 21.0. The van der Waals surface area contributed by atoms with Gasteiger partial charge >= 0.3 is 0 Å². The lowest BCUT2D eigenvalue weighted by Gasteiger charge is -2.36. The van der Waals surface area contributed by atoms with E-state index in [0.29, 0.717) is 13.1 Å². The molecule has 1 atom stereocenters. The molecule has 2 aromatic rings. The third-order valence-electron chi connectivity index (χ3n) is 5.72. The van der Waals surface area contributed by atoms with Gasteiger partial charge in [0, 0.05) is 25.2 Å². The van der Waals surface area contributed by atoms with Crippen molar-refractivity contribution in [1.82, 2.24) is 9.29 Å². The average Bonchev–Trinajstić information content (AvgIpc) is 2.69. The Morgan fingerprint density at radius 2 is 1.90 bits per heavy atom. The highest BCUT2D eigenvalue weighted by atomic mass is 32.2. The summed E-state index contributed by atoms with van der Waals surface area (Å²) in [5.41, 5.74) is 5.41. The van der Waals surface area contributed by atoms with E-state index in [1.807, 2.05) is 25.3 Å². The Bertz CT molecular complexity index is 1010. The third-order valence-corrected chi connectivity index (χ3v) is 7.02. The van der Waals surface area contributed by atoms with Crippen molar-refractivity contribution < 1.29 is 13.2 Å². The Hall–Kier alpha value is -2.31. The van der Waals surface area contributed by atoms with Gasteiger partial charge in [0.15, 0.2) is 0 Å². The number of rotatable bonds is 6. The van der Waals surface area contributed by atoms with Crippen LogP contribution in [-0.2, 0) is 14.8 Å². The monoisotopic (exact) mass is 412 g/mol. The zero-order valence-corrected chi connectivity index (χ0v) is 18.0. The second kappa shape index (κ2) is 9.01. The van der Waals surface area contributed by atoms with Crippen LogP contribution in [0.15, 0.2) is 42.6 Å². The number of carbonyl (C=O) groups is 1. The third kappa shape index (κ3) is 5.00. The number of aldehydes is 1. The van der Waals surface area contributed by atoms with Crippen LogP contribution in [0.25, 0.3) is 6.08 Å². The van der Waals surface area contributed by atoms with Gasteiger partial charge in [-0.15, -0.1) is 0 Å². The van der Waals surface area contributed by atoms with E-state index >= 15 is 0 Å². The van der Waals surface area contributed by atoms with Crippen LogP contribution in [0.5, 0.6) is 0 Å². The first-order valence-corrected chi connectivity index (χ1v) is 11.7. The molecule has 1 saturated heterocycles. The summed E-state index contributed by atoms with van der Waals surface area (Å²) in [5.74, 6) is 0.317. The van der Waals surface area contributed by atoms with Crippen LogP contribution in [0, 0.1) is 19.8 Å². The highest BCUT2D eigenvalue weighted by Gasteiger charge is 2.33. The van der Waals surface area contributed by atoms with Gasteiger partial charge in [0.2, 0.25) is 10.0 Å². The molecule has 154 valence electrons. The smallest absolute Gasteiger partial charge is 0.211 e. The molecular weight excluding hydrogens is 384 g/mol. The van der Waals surface area contributed by atoms with Crippen LogP contribution < -0.4 is 0 Å². The van der Waals surface area contributed by atoms with Crippen molar-refractivity contribution in [2.24, 2.45) is 5.92 Å². The minimum atomic E-state index is -3.17. The second-order valence-corrected chi connectivity index (χ2v) is 9.79. The lowest BCUT2D eigenvalue weighted by atomic mass is 9.75. The maximum atomic E-state index is 11.9. The molecule has 0 saturated carbocycles. The van der Waals surface area contributed by atoms with E-state index in [0.717, 1.165) is 47.1 Å². The molecule has 1 aromatic heterocycles.